The Morgan fingerprint density at radius 3 is 2.48 bits per heavy atom. The molecule has 0 aromatic carbocycles. The van der Waals surface area contributed by atoms with Gasteiger partial charge in [-0.05, 0) is 30.7 Å². The van der Waals surface area contributed by atoms with Crippen molar-refractivity contribution in [2.45, 2.75) is 38.3 Å². The highest BCUT2D eigenvalue weighted by atomic mass is 32.1. The van der Waals surface area contributed by atoms with Gasteiger partial charge in [-0.25, -0.2) is 9.97 Å². The van der Waals surface area contributed by atoms with E-state index >= 15 is 0 Å². The summed E-state index contributed by atoms with van der Waals surface area (Å²) < 4.78 is 37.9. The van der Waals surface area contributed by atoms with Crippen molar-refractivity contribution in [1.29, 1.82) is 0 Å². The average Bonchev–Trinajstić information content (AvgIpc) is 3.07. The molecule has 2 aromatic heterocycles. The molecule has 1 saturated carbocycles. The van der Waals surface area contributed by atoms with Crippen molar-refractivity contribution in [3.05, 3.63) is 17.3 Å². The summed E-state index contributed by atoms with van der Waals surface area (Å²) in [5.74, 6) is 2.23. The highest BCUT2D eigenvalue weighted by Gasteiger charge is 2.36. The summed E-state index contributed by atoms with van der Waals surface area (Å²) in [6, 6.07) is 1.63. The van der Waals surface area contributed by atoms with Gasteiger partial charge in [0, 0.05) is 18.0 Å². The van der Waals surface area contributed by atoms with E-state index in [1.54, 1.807) is 6.07 Å². The molecule has 0 N–H and O–H groups in total. The van der Waals surface area contributed by atoms with Gasteiger partial charge in [-0.2, -0.15) is 13.2 Å². The van der Waals surface area contributed by atoms with Gasteiger partial charge in [0.25, 0.3) is 0 Å². The van der Waals surface area contributed by atoms with Crippen LogP contribution in [0, 0.1) is 11.8 Å². The number of thiophene rings is 1. The van der Waals surface area contributed by atoms with Crippen molar-refractivity contribution in [3.63, 3.8) is 0 Å². The van der Waals surface area contributed by atoms with E-state index in [0.717, 1.165) is 35.6 Å². The molecule has 124 valence electrons. The van der Waals surface area contributed by atoms with Gasteiger partial charge in [-0.1, -0.05) is 12.8 Å². The maximum Gasteiger partial charge on any atom is 0.393 e. The largest absolute Gasteiger partial charge is 0.393 e. The van der Waals surface area contributed by atoms with Crippen LogP contribution in [0.1, 0.15) is 30.6 Å². The van der Waals surface area contributed by atoms with E-state index in [1.807, 2.05) is 0 Å². The monoisotopic (exact) mass is 341 g/mol. The van der Waals surface area contributed by atoms with E-state index in [4.69, 9.17) is 0 Å². The summed E-state index contributed by atoms with van der Waals surface area (Å²) in [4.78, 5) is 11.8. The first kappa shape index (κ1) is 15.2. The first-order chi connectivity index (χ1) is 11.0. The second-order valence-electron chi connectivity index (χ2n) is 6.63. The van der Waals surface area contributed by atoms with E-state index in [-0.39, 0.29) is 0 Å². The van der Waals surface area contributed by atoms with Crippen LogP contribution >= 0.6 is 11.3 Å². The van der Waals surface area contributed by atoms with Crippen molar-refractivity contribution >= 4 is 27.4 Å². The van der Waals surface area contributed by atoms with Crippen LogP contribution in [0.25, 0.3) is 10.2 Å². The third kappa shape index (κ3) is 3.03. The van der Waals surface area contributed by atoms with Crippen LogP contribution < -0.4 is 4.90 Å². The van der Waals surface area contributed by atoms with Gasteiger partial charge in [0.15, 0.2) is 0 Å². The van der Waals surface area contributed by atoms with Crippen molar-refractivity contribution < 1.29 is 13.2 Å². The predicted molar refractivity (Wildman–Crippen MR) is 84.8 cm³/mol. The maximum absolute atomic E-state index is 12.6. The number of nitrogens with zero attached hydrogens (tertiary/aromatic N) is 3. The van der Waals surface area contributed by atoms with Crippen LogP contribution in [0.15, 0.2) is 12.4 Å². The van der Waals surface area contributed by atoms with E-state index in [0.29, 0.717) is 21.5 Å². The third-order valence-electron chi connectivity index (χ3n) is 5.01. The molecule has 0 bridgehead atoms. The van der Waals surface area contributed by atoms with Crippen molar-refractivity contribution in [3.8, 4) is 0 Å². The molecule has 0 amide bonds. The van der Waals surface area contributed by atoms with Crippen molar-refractivity contribution in [2.24, 2.45) is 11.8 Å². The molecule has 7 heteroatoms. The Kier molecular flexibility index (Phi) is 3.70. The Labute approximate surface area is 136 Å². The molecule has 2 aliphatic rings. The molecule has 4 rings (SSSR count). The van der Waals surface area contributed by atoms with Gasteiger partial charge in [0.05, 0.1) is 11.8 Å². The normalized spacial score (nSPS) is 25.1. The summed E-state index contributed by atoms with van der Waals surface area (Å²) in [6.07, 6.45) is 1.52. The summed E-state index contributed by atoms with van der Waals surface area (Å²) in [6.45, 7) is 1.95. The number of alkyl halides is 3. The van der Waals surface area contributed by atoms with E-state index in [1.165, 1.54) is 32.0 Å². The number of rotatable bonds is 2. The van der Waals surface area contributed by atoms with Gasteiger partial charge in [-0.3, -0.25) is 0 Å². The van der Waals surface area contributed by atoms with Gasteiger partial charge < -0.3 is 4.90 Å². The molecule has 3 heterocycles. The Hall–Kier alpha value is -1.37. The second kappa shape index (κ2) is 5.61. The second-order valence-corrected chi connectivity index (χ2v) is 7.75. The molecular formula is C16H18F3N3S. The minimum absolute atomic E-state index is 0.311. The summed E-state index contributed by atoms with van der Waals surface area (Å²) in [5, 5.41) is 0.774. The highest BCUT2D eigenvalue weighted by molar-refractivity contribution is 7.18. The Bertz CT molecular complexity index is 698. The lowest BCUT2D eigenvalue weighted by Gasteiger charge is -2.22. The smallest absolute Gasteiger partial charge is 0.355 e. The Balaban J connectivity index is 1.65. The lowest BCUT2D eigenvalue weighted by atomic mass is 9.82. The zero-order valence-electron chi connectivity index (χ0n) is 12.6. The van der Waals surface area contributed by atoms with Gasteiger partial charge in [0.1, 0.15) is 17.0 Å². The van der Waals surface area contributed by atoms with E-state index < -0.39 is 12.6 Å². The predicted octanol–water partition coefficient (Wildman–Crippen LogP) is 4.42. The first-order valence-corrected chi connectivity index (χ1v) is 8.86. The minimum Gasteiger partial charge on any atom is -0.355 e. The Morgan fingerprint density at radius 1 is 1.13 bits per heavy atom. The molecule has 0 radical (unpaired) electrons. The molecule has 23 heavy (non-hydrogen) atoms. The molecule has 0 unspecified atom stereocenters. The fourth-order valence-electron chi connectivity index (χ4n) is 4.01. The van der Waals surface area contributed by atoms with Crippen LogP contribution in [0.4, 0.5) is 19.0 Å². The number of fused-ring (bicyclic) bond motifs is 2. The average molecular weight is 341 g/mol. The molecule has 1 aliphatic heterocycles. The van der Waals surface area contributed by atoms with Gasteiger partial charge >= 0.3 is 6.18 Å². The number of hydrogen-bond acceptors (Lipinski definition) is 4. The fraction of sp³-hybridized carbons (Fsp3) is 0.625. The Morgan fingerprint density at radius 2 is 1.83 bits per heavy atom. The lowest BCUT2D eigenvalue weighted by molar-refractivity contribution is -0.126. The molecule has 2 aromatic rings. The van der Waals surface area contributed by atoms with Crippen LogP contribution in [0.3, 0.4) is 0 Å². The van der Waals surface area contributed by atoms with Crippen molar-refractivity contribution in [2.75, 3.05) is 18.0 Å². The molecule has 2 fully saturated rings. The third-order valence-corrected chi connectivity index (χ3v) is 6.05. The van der Waals surface area contributed by atoms with Gasteiger partial charge in [0.2, 0.25) is 0 Å². The zero-order chi connectivity index (χ0) is 16.0. The molecule has 2 atom stereocenters. The molecule has 1 aliphatic carbocycles. The van der Waals surface area contributed by atoms with E-state index in [9.17, 15) is 13.2 Å². The van der Waals surface area contributed by atoms with Gasteiger partial charge in [-0.15, -0.1) is 11.3 Å². The van der Waals surface area contributed by atoms with Crippen LogP contribution in [0.5, 0.6) is 0 Å². The quantitative estimate of drug-likeness (QED) is 0.809. The summed E-state index contributed by atoms with van der Waals surface area (Å²) in [5.41, 5.74) is 0. The van der Waals surface area contributed by atoms with Crippen molar-refractivity contribution in [1.82, 2.24) is 9.97 Å². The number of halogens is 3. The fourth-order valence-corrected chi connectivity index (χ4v) is 5.03. The summed E-state index contributed by atoms with van der Waals surface area (Å²) in [7, 11) is 0. The number of hydrogen-bond donors (Lipinski definition) is 0. The van der Waals surface area contributed by atoms with Crippen LogP contribution in [0.2, 0.25) is 0 Å². The summed E-state index contributed by atoms with van der Waals surface area (Å²) >= 11 is 1.12. The topological polar surface area (TPSA) is 29.0 Å². The number of anilines is 1. The highest BCUT2D eigenvalue weighted by Crippen LogP contribution is 2.40. The lowest BCUT2D eigenvalue weighted by Crippen LogP contribution is -2.21. The maximum atomic E-state index is 12.6. The molecular weight excluding hydrogens is 323 g/mol. The molecule has 1 saturated heterocycles. The SMILES string of the molecule is FC(F)(F)Cc1cc2c(N3C[C@H]4CCCC[C@H]4C3)ncnc2s1. The molecule has 0 spiro atoms. The van der Waals surface area contributed by atoms with Crippen LogP contribution in [-0.2, 0) is 6.42 Å². The number of aromatic nitrogens is 2. The van der Waals surface area contributed by atoms with E-state index in [2.05, 4.69) is 14.9 Å². The first-order valence-electron chi connectivity index (χ1n) is 8.05. The standard InChI is InChI=1S/C16H18F3N3S/c17-16(18,19)6-12-5-13-14(20-9-21-15(13)23-12)22-7-10-3-1-2-4-11(10)8-22/h5,9-11H,1-4,6-8H2/t10-,11+. The zero-order valence-corrected chi connectivity index (χ0v) is 13.5. The minimum atomic E-state index is -4.18. The van der Waals surface area contributed by atoms with Crippen LogP contribution in [-0.4, -0.2) is 29.2 Å². The molecule has 3 nitrogen and oxygen atoms in total.